The topological polar surface area (TPSA) is 56.2 Å². The van der Waals surface area contributed by atoms with Crippen molar-refractivity contribution >= 4 is 34.4 Å². The molecule has 1 heterocycles. The van der Waals surface area contributed by atoms with Crippen LogP contribution in [-0.2, 0) is 0 Å². The number of benzene rings is 3. The molecule has 0 aliphatic heterocycles. The molecule has 0 saturated heterocycles. The van der Waals surface area contributed by atoms with Crippen molar-refractivity contribution in [1.29, 1.82) is 0 Å². The predicted molar refractivity (Wildman–Crippen MR) is 91.1 cm³/mol. The summed E-state index contributed by atoms with van der Waals surface area (Å²) in [5.41, 5.74) is 4.47. The summed E-state index contributed by atoms with van der Waals surface area (Å²) < 4.78 is 0. The third kappa shape index (κ3) is 1.93. The monoisotopic (exact) mass is 287 g/mol. The van der Waals surface area contributed by atoms with Gasteiger partial charge in [-0.2, -0.15) is 0 Å². The van der Waals surface area contributed by atoms with Crippen LogP contribution in [0.15, 0.2) is 66.7 Å². The maximum atomic E-state index is 9.65. The second-order valence-electron chi connectivity index (χ2n) is 5.36. The Hall–Kier alpha value is -2.56. The van der Waals surface area contributed by atoms with Crippen molar-refractivity contribution in [2.45, 2.75) is 0 Å². The third-order valence-electron chi connectivity index (χ3n) is 4.06. The van der Waals surface area contributed by atoms with Gasteiger partial charge in [0, 0.05) is 21.8 Å². The Balaban J connectivity index is 2.12. The Morgan fingerprint density at radius 2 is 1.36 bits per heavy atom. The first-order valence-electron chi connectivity index (χ1n) is 7.20. The highest BCUT2D eigenvalue weighted by Gasteiger charge is 2.18. The van der Waals surface area contributed by atoms with E-state index in [-0.39, 0.29) is 0 Å². The van der Waals surface area contributed by atoms with Crippen LogP contribution in [0.3, 0.4) is 0 Å². The summed E-state index contributed by atoms with van der Waals surface area (Å²) in [7, 11) is -1.49. The van der Waals surface area contributed by atoms with E-state index < -0.39 is 7.12 Å². The molecule has 0 fully saturated rings. The molecular formula is C18H14BNO2. The maximum absolute atomic E-state index is 9.65. The standard InChI is InChI=1S/C18H14BNO2/c21-19(22)15-9-3-1-6-12(15)13-8-5-11-17-18(13)14-7-2-4-10-16(14)20-17/h1-11,20-22H. The first-order chi connectivity index (χ1) is 10.8. The summed E-state index contributed by atoms with van der Waals surface area (Å²) in [6.07, 6.45) is 0. The number of nitrogens with one attached hydrogen (secondary N) is 1. The minimum absolute atomic E-state index is 0.514. The summed E-state index contributed by atoms with van der Waals surface area (Å²) >= 11 is 0. The molecule has 4 heteroatoms. The molecule has 0 aliphatic rings. The minimum atomic E-state index is -1.49. The molecule has 0 spiro atoms. The molecule has 0 radical (unpaired) electrons. The minimum Gasteiger partial charge on any atom is -0.423 e. The van der Waals surface area contributed by atoms with Crippen molar-refractivity contribution < 1.29 is 10.0 Å². The van der Waals surface area contributed by atoms with Crippen LogP contribution in [0, 0.1) is 0 Å². The van der Waals surface area contributed by atoms with Gasteiger partial charge in [-0.1, -0.05) is 54.6 Å². The Morgan fingerprint density at radius 3 is 2.23 bits per heavy atom. The van der Waals surface area contributed by atoms with Gasteiger partial charge < -0.3 is 15.0 Å². The molecule has 3 nitrogen and oxygen atoms in total. The third-order valence-corrected chi connectivity index (χ3v) is 4.06. The summed E-state index contributed by atoms with van der Waals surface area (Å²) in [6.45, 7) is 0. The molecule has 0 aliphatic carbocycles. The van der Waals surface area contributed by atoms with E-state index in [1.165, 1.54) is 0 Å². The van der Waals surface area contributed by atoms with Crippen molar-refractivity contribution in [1.82, 2.24) is 4.98 Å². The number of aromatic amines is 1. The lowest BCUT2D eigenvalue weighted by Crippen LogP contribution is -2.31. The number of aromatic nitrogens is 1. The first kappa shape index (κ1) is 13.1. The zero-order valence-corrected chi connectivity index (χ0v) is 11.8. The summed E-state index contributed by atoms with van der Waals surface area (Å²) in [5.74, 6) is 0. The summed E-state index contributed by atoms with van der Waals surface area (Å²) in [4.78, 5) is 3.41. The van der Waals surface area contributed by atoms with Crippen LogP contribution < -0.4 is 5.46 Å². The fourth-order valence-electron chi connectivity index (χ4n) is 3.09. The Bertz CT molecular complexity index is 975. The first-order valence-corrected chi connectivity index (χ1v) is 7.20. The highest BCUT2D eigenvalue weighted by atomic mass is 16.4. The zero-order valence-electron chi connectivity index (χ0n) is 11.8. The van der Waals surface area contributed by atoms with Gasteiger partial charge in [-0.25, -0.2) is 0 Å². The van der Waals surface area contributed by atoms with Gasteiger partial charge in [0.2, 0.25) is 0 Å². The molecule has 3 aromatic carbocycles. The average molecular weight is 287 g/mol. The van der Waals surface area contributed by atoms with Crippen LogP contribution in [0.1, 0.15) is 0 Å². The second kappa shape index (κ2) is 5.02. The van der Waals surface area contributed by atoms with Crippen molar-refractivity contribution in [3.63, 3.8) is 0 Å². The highest BCUT2D eigenvalue weighted by Crippen LogP contribution is 2.33. The second-order valence-corrected chi connectivity index (χ2v) is 5.36. The van der Waals surface area contributed by atoms with Crippen LogP contribution in [0.5, 0.6) is 0 Å². The fraction of sp³-hybridized carbons (Fsp3) is 0. The average Bonchev–Trinajstić information content (AvgIpc) is 2.93. The molecule has 3 N–H and O–H groups in total. The Kier molecular flexibility index (Phi) is 3.00. The molecule has 0 atom stereocenters. The number of fused-ring (bicyclic) bond motifs is 3. The van der Waals surface area contributed by atoms with Gasteiger partial charge in [0.25, 0.3) is 0 Å². The molecule has 4 rings (SSSR count). The highest BCUT2D eigenvalue weighted by molar-refractivity contribution is 6.60. The van der Waals surface area contributed by atoms with Crippen LogP contribution in [0.2, 0.25) is 0 Å². The molecule has 4 aromatic rings. The van der Waals surface area contributed by atoms with Gasteiger partial charge in [0.15, 0.2) is 0 Å². The fourth-order valence-corrected chi connectivity index (χ4v) is 3.09. The Labute approximate surface area is 128 Å². The van der Waals surface area contributed by atoms with Gasteiger partial charge in [-0.15, -0.1) is 0 Å². The van der Waals surface area contributed by atoms with E-state index in [0.717, 1.165) is 32.9 Å². The number of rotatable bonds is 2. The van der Waals surface area contributed by atoms with Crippen molar-refractivity contribution in [2.75, 3.05) is 0 Å². The van der Waals surface area contributed by atoms with Crippen LogP contribution >= 0.6 is 0 Å². The van der Waals surface area contributed by atoms with E-state index in [1.54, 1.807) is 6.07 Å². The Morgan fingerprint density at radius 1 is 0.682 bits per heavy atom. The normalized spacial score (nSPS) is 11.2. The molecule has 0 unspecified atom stereocenters. The van der Waals surface area contributed by atoms with Crippen LogP contribution in [0.4, 0.5) is 0 Å². The van der Waals surface area contributed by atoms with Crippen molar-refractivity contribution in [3.8, 4) is 11.1 Å². The largest absolute Gasteiger partial charge is 0.489 e. The molecule has 22 heavy (non-hydrogen) atoms. The number of H-pyrrole nitrogens is 1. The summed E-state index contributed by atoms with van der Waals surface area (Å²) in [6, 6.07) is 21.6. The number of hydrogen-bond donors (Lipinski definition) is 3. The number of para-hydroxylation sites is 1. The van der Waals surface area contributed by atoms with Crippen LogP contribution in [0.25, 0.3) is 32.9 Å². The SMILES string of the molecule is OB(O)c1ccccc1-c1cccc2[nH]c3ccccc3c12. The van der Waals surface area contributed by atoms with E-state index in [0.29, 0.717) is 5.46 Å². The molecule has 106 valence electrons. The zero-order chi connectivity index (χ0) is 15.1. The predicted octanol–water partition coefficient (Wildman–Crippen LogP) is 2.67. The molecule has 0 bridgehead atoms. The van der Waals surface area contributed by atoms with Gasteiger partial charge in [0.05, 0.1) is 0 Å². The van der Waals surface area contributed by atoms with E-state index in [9.17, 15) is 10.0 Å². The van der Waals surface area contributed by atoms with Gasteiger partial charge >= 0.3 is 7.12 Å². The van der Waals surface area contributed by atoms with E-state index in [2.05, 4.69) is 11.1 Å². The van der Waals surface area contributed by atoms with Crippen molar-refractivity contribution in [2.24, 2.45) is 0 Å². The molecule has 0 amide bonds. The van der Waals surface area contributed by atoms with Gasteiger partial charge in [-0.05, 0) is 28.7 Å². The maximum Gasteiger partial charge on any atom is 0.489 e. The van der Waals surface area contributed by atoms with E-state index in [1.807, 2.05) is 54.6 Å². The van der Waals surface area contributed by atoms with E-state index >= 15 is 0 Å². The smallest absolute Gasteiger partial charge is 0.423 e. The van der Waals surface area contributed by atoms with E-state index in [4.69, 9.17) is 0 Å². The van der Waals surface area contributed by atoms with Gasteiger partial charge in [0.1, 0.15) is 0 Å². The number of hydrogen-bond acceptors (Lipinski definition) is 2. The summed E-state index contributed by atoms with van der Waals surface area (Å²) in [5, 5.41) is 21.5. The lowest BCUT2D eigenvalue weighted by molar-refractivity contribution is 0.426. The molecule has 1 aromatic heterocycles. The quantitative estimate of drug-likeness (QED) is 0.496. The lowest BCUT2D eigenvalue weighted by atomic mass is 9.75. The molecule has 0 saturated carbocycles. The lowest BCUT2D eigenvalue weighted by Gasteiger charge is -2.10. The van der Waals surface area contributed by atoms with Crippen molar-refractivity contribution in [3.05, 3.63) is 66.7 Å². The molecular weight excluding hydrogens is 273 g/mol. The van der Waals surface area contributed by atoms with Gasteiger partial charge in [-0.3, -0.25) is 0 Å². The van der Waals surface area contributed by atoms with Crippen LogP contribution in [-0.4, -0.2) is 22.2 Å².